The third-order valence-electron chi connectivity index (χ3n) is 5.84. The Labute approximate surface area is 185 Å². The number of likely N-dealkylation sites (N-methyl/N-ethyl adjacent to an activating group) is 1. The van der Waals surface area contributed by atoms with Gasteiger partial charge in [0.25, 0.3) is 0 Å². The normalized spacial score (nSPS) is 19.1. The number of hydrogen-bond donors (Lipinski definition) is 1. The van der Waals surface area contributed by atoms with E-state index < -0.39 is 5.60 Å². The molecular weight excluding hydrogens is 394 g/mol. The maximum absolute atomic E-state index is 12.6. The van der Waals surface area contributed by atoms with Crippen molar-refractivity contribution in [2.24, 2.45) is 5.92 Å². The van der Waals surface area contributed by atoms with Crippen molar-refractivity contribution in [3.8, 4) is 0 Å². The zero-order chi connectivity index (χ0) is 22.4. The zero-order valence-corrected chi connectivity index (χ0v) is 19.4. The van der Waals surface area contributed by atoms with Crippen LogP contribution in [-0.4, -0.2) is 78.7 Å². The molecule has 0 spiro atoms. The van der Waals surface area contributed by atoms with E-state index in [9.17, 15) is 9.59 Å². The average molecular weight is 432 g/mol. The van der Waals surface area contributed by atoms with Crippen molar-refractivity contribution < 1.29 is 14.3 Å². The molecule has 0 unspecified atom stereocenters. The number of aromatic nitrogens is 1. The highest BCUT2D eigenvalue weighted by Crippen LogP contribution is 2.20. The number of nitrogens with zero attached hydrogens (tertiary/aromatic N) is 4. The molecule has 0 bridgehead atoms. The molecule has 1 aromatic rings. The second-order valence-electron chi connectivity index (χ2n) is 9.63. The van der Waals surface area contributed by atoms with Gasteiger partial charge in [-0.3, -0.25) is 4.79 Å². The lowest BCUT2D eigenvalue weighted by Gasteiger charge is -2.32. The first kappa shape index (κ1) is 23.3. The van der Waals surface area contributed by atoms with Gasteiger partial charge in [-0.05, 0) is 65.3 Å². The number of amides is 2. The maximum Gasteiger partial charge on any atom is 0.410 e. The van der Waals surface area contributed by atoms with Crippen LogP contribution in [0.15, 0.2) is 18.3 Å². The number of hydrogen-bond acceptors (Lipinski definition) is 6. The Bertz CT molecular complexity index is 739. The van der Waals surface area contributed by atoms with Crippen LogP contribution in [0.3, 0.4) is 0 Å². The van der Waals surface area contributed by atoms with Gasteiger partial charge < -0.3 is 24.8 Å². The van der Waals surface area contributed by atoms with Gasteiger partial charge in [-0.1, -0.05) is 6.07 Å². The number of rotatable bonds is 4. The van der Waals surface area contributed by atoms with Crippen molar-refractivity contribution in [1.29, 1.82) is 0 Å². The van der Waals surface area contributed by atoms with Gasteiger partial charge in [0.05, 0.1) is 0 Å². The fourth-order valence-corrected chi connectivity index (χ4v) is 3.97. The lowest BCUT2D eigenvalue weighted by molar-refractivity contribution is -0.126. The van der Waals surface area contributed by atoms with Crippen LogP contribution in [0.1, 0.15) is 45.6 Å². The van der Waals surface area contributed by atoms with Gasteiger partial charge in [-0.25, -0.2) is 9.78 Å². The Morgan fingerprint density at radius 2 is 1.84 bits per heavy atom. The highest BCUT2D eigenvalue weighted by atomic mass is 16.6. The SMILES string of the molecule is CN1CCCN(c2ccc(CNC(=O)C3CCN(C(=O)OC(C)(C)C)CC3)cn2)CC1. The van der Waals surface area contributed by atoms with Crippen molar-refractivity contribution in [3.63, 3.8) is 0 Å². The molecule has 2 saturated heterocycles. The van der Waals surface area contributed by atoms with Crippen molar-refractivity contribution in [1.82, 2.24) is 20.1 Å². The summed E-state index contributed by atoms with van der Waals surface area (Å²) >= 11 is 0. The summed E-state index contributed by atoms with van der Waals surface area (Å²) in [4.78, 5) is 35.7. The largest absolute Gasteiger partial charge is 0.444 e. The Balaban J connectivity index is 1.42. The van der Waals surface area contributed by atoms with E-state index in [2.05, 4.69) is 27.1 Å². The van der Waals surface area contributed by atoms with Gasteiger partial charge in [-0.2, -0.15) is 0 Å². The Kier molecular flexibility index (Phi) is 7.75. The molecule has 172 valence electrons. The second-order valence-corrected chi connectivity index (χ2v) is 9.63. The number of ether oxygens (including phenoxy) is 1. The highest BCUT2D eigenvalue weighted by Gasteiger charge is 2.29. The lowest BCUT2D eigenvalue weighted by Crippen LogP contribution is -2.44. The average Bonchev–Trinajstić information content (AvgIpc) is 2.96. The van der Waals surface area contributed by atoms with E-state index in [1.165, 1.54) is 0 Å². The van der Waals surface area contributed by atoms with Gasteiger partial charge in [-0.15, -0.1) is 0 Å². The Hall–Kier alpha value is -2.35. The summed E-state index contributed by atoms with van der Waals surface area (Å²) in [5.74, 6) is 0.975. The van der Waals surface area contributed by atoms with Crippen LogP contribution in [0.5, 0.6) is 0 Å². The van der Waals surface area contributed by atoms with Gasteiger partial charge in [0, 0.05) is 51.4 Å². The van der Waals surface area contributed by atoms with Gasteiger partial charge in [0.2, 0.25) is 5.91 Å². The zero-order valence-electron chi connectivity index (χ0n) is 19.4. The fourth-order valence-electron chi connectivity index (χ4n) is 3.97. The molecule has 8 heteroatoms. The first-order valence-electron chi connectivity index (χ1n) is 11.4. The third kappa shape index (κ3) is 7.09. The van der Waals surface area contributed by atoms with Crippen molar-refractivity contribution in [2.45, 2.75) is 52.2 Å². The molecule has 8 nitrogen and oxygen atoms in total. The molecule has 3 heterocycles. The monoisotopic (exact) mass is 431 g/mol. The number of likely N-dealkylation sites (tertiary alicyclic amines) is 1. The first-order valence-corrected chi connectivity index (χ1v) is 11.4. The molecule has 0 aromatic carbocycles. The molecular formula is C23H37N5O3. The van der Waals surface area contributed by atoms with Crippen LogP contribution >= 0.6 is 0 Å². The van der Waals surface area contributed by atoms with Gasteiger partial charge in [0.1, 0.15) is 11.4 Å². The van der Waals surface area contributed by atoms with Crippen LogP contribution in [0.25, 0.3) is 0 Å². The van der Waals surface area contributed by atoms with E-state index in [1.54, 1.807) is 4.90 Å². The van der Waals surface area contributed by atoms with E-state index in [-0.39, 0.29) is 17.9 Å². The predicted molar refractivity (Wildman–Crippen MR) is 121 cm³/mol. The van der Waals surface area contributed by atoms with Crippen LogP contribution in [-0.2, 0) is 16.1 Å². The second kappa shape index (κ2) is 10.3. The molecule has 1 aromatic heterocycles. The minimum atomic E-state index is -0.502. The Morgan fingerprint density at radius 1 is 1.10 bits per heavy atom. The maximum atomic E-state index is 12.6. The number of pyridine rings is 1. The van der Waals surface area contributed by atoms with Crippen LogP contribution in [0.2, 0.25) is 0 Å². The summed E-state index contributed by atoms with van der Waals surface area (Å²) < 4.78 is 5.42. The molecule has 2 aliphatic heterocycles. The third-order valence-corrected chi connectivity index (χ3v) is 5.84. The number of carbonyl (C=O) groups excluding carboxylic acids is 2. The van der Waals surface area contributed by atoms with Crippen molar-refractivity contribution in [3.05, 3.63) is 23.9 Å². The molecule has 0 atom stereocenters. The summed E-state index contributed by atoms with van der Waals surface area (Å²) in [6.07, 6.45) is 4.02. The van der Waals surface area contributed by atoms with Gasteiger partial charge >= 0.3 is 6.09 Å². The molecule has 2 aliphatic rings. The topological polar surface area (TPSA) is 78.0 Å². The first-order chi connectivity index (χ1) is 14.7. The quantitative estimate of drug-likeness (QED) is 0.789. The van der Waals surface area contributed by atoms with E-state index in [0.717, 1.165) is 44.0 Å². The molecule has 1 N–H and O–H groups in total. The van der Waals surface area contributed by atoms with E-state index in [4.69, 9.17) is 4.74 Å². The molecule has 0 saturated carbocycles. The molecule has 2 amide bonds. The molecule has 2 fully saturated rings. The highest BCUT2D eigenvalue weighted by molar-refractivity contribution is 5.79. The molecule has 3 rings (SSSR count). The number of nitrogens with one attached hydrogen (secondary N) is 1. The van der Waals surface area contributed by atoms with E-state index >= 15 is 0 Å². The molecule has 0 aliphatic carbocycles. The Morgan fingerprint density at radius 3 is 2.48 bits per heavy atom. The van der Waals surface area contributed by atoms with Crippen molar-refractivity contribution in [2.75, 3.05) is 51.2 Å². The minimum Gasteiger partial charge on any atom is -0.444 e. The van der Waals surface area contributed by atoms with Gasteiger partial charge in [0.15, 0.2) is 0 Å². The van der Waals surface area contributed by atoms with Crippen LogP contribution < -0.4 is 10.2 Å². The number of carbonyl (C=O) groups is 2. The number of piperidine rings is 1. The number of anilines is 1. The summed E-state index contributed by atoms with van der Waals surface area (Å²) in [7, 11) is 2.16. The lowest BCUT2D eigenvalue weighted by atomic mass is 9.96. The van der Waals surface area contributed by atoms with E-state index in [1.807, 2.05) is 39.1 Å². The summed E-state index contributed by atoms with van der Waals surface area (Å²) in [6, 6.07) is 4.09. The van der Waals surface area contributed by atoms with Crippen LogP contribution in [0, 0.1) is 5.92 Å². The van der Waals surface area contributed by atoms with Crippen LogP contribution in [0.4, 0.5) is 10.6 Å². The predicted octanol–water partition coefficient (Wildman–Crippen LogP) is 2.49. The van der Waals surface area contributed by atoms with E-state index in [0.29, 0.717) is 32.5 Å². The minimum absolute atomic E-state index is 0.0449. The summed E-state index contributed by atoms with van der Waals surface area (Å²) in [6.45, 7) is 11.3. The fraction of sp³-hybridized carbons (Fsp3) is 0.696. The standard InChI is InChI=1S/C23H37N5O3/c1-23(2,3)31-22(30)28-12-8-19(9-13-28)21(29)25-17-18-6-7-20(24-16-18)27-11-5-10-26(4)14-15-27/h6-7,16,19H,5,8-15,17H2,1-4H3,(H,25,29). The van der Waals surface area contributed by atoms with Crippen molar-refractivity contribution >= 4 is 17.8 Å². The summed E-state index contributed by atoms with van der Waals surface area (Å²) in [5, 5.41) is 3.03. The molecule has 0 radical (unpaired) electrons. The smallest absolute Gasteiger partial charge is 0.410 e. The molecule has 31 heavy (non-hydrogen) atoms. The summed E-state index contributed by atoms with van der Waals surface area (Å²) in [5.41, 5.74) is 0.494.